The maximum atomic E-state index is 12.3. The molecule has 0 N–H and O–H groups in total. The molecule has 0 aliphatic rings. The van der Waals surface area contributed by atoms with Crippen molar-refractivity contribution in [2.75, 3.05) is 0 Å². The molecule has 2 heterocycles. The smallest absolute Gasteiger partial charge is 0.341 e. The number of benzene rings is 1. The Labute approximate surface area is 157 Å². The molecular formula is C17H11Cl3N2O3. The highest BCUT2D eigenvalue weighted by Gasteiger charge is 2.19. The van der Waals surface area contributed by atoms with Crippen molar-refractivity contribution in [2.45, 2.75) is 13.5 Å². The second-order valence-electron chi connectivity index (χ2n) is 5.26. The van der Waals surface area contributed by atoms with E-state index in [9.17, 15) is 9.59 Å². The number of aryl methyl sites for hydroxylation is 1. The lowest BCUT2D eigenvalue weighted by Gasteiger charge is -2.09. The van der Waals surface area contributed by atoms with E-state index in [0.29, 0.717) is 11.3 Å². The maximum absolute atomic E-state index is 12.3. The van der Waals surface area contributed by atoms with E-state index in [-0.39, 0.29) is 32.8 Å². The zero-order valence-electron chi connectivity index (χ0n) is 12.9. The summed E-state index contributed by atoms with van der Waals surface area (Å²) in [5.74, 6) is -0.746. The van der Waals surface area contributed by atoms with Crippen LogP contribution in [0.2, 0.25) is 15.1 Å². The van der Waals surface area contributed by atoms with E-state index in [1.54, 1.807) is 12.3 Å². The van der Waals surface area contributed by atoms with Gasteiger partial charge in [0.05, 0.1) is 26.3 Å². The monoisotopic (exact) mass is 396 g/mol. The van der Waals surface area contributed by atoms with Crippen LogP contribution in [0.4, 0.5) is 0 Å². The summed E-state index contributed by atoms with van der Waals surface area (Å²) in [6, 6.07) is 7.84. The van der Waals surface area contributed by atoms with Crippen LogP contribution in [-0.4, -0.2) is 15.4 Å². The van der Waals surface area contributed by atoms with E-state index in [2.05, 4.69) is 4.98 Å². The Morgan fingerprint density at radius 2 is 1.92 bits per heavy atom. The first-order valence-electron chi connectivity index (χ1n) is 7.17. The van der Waals surface area contributed by atoms with Crippen LogP contribution >= 0.6 is 34.8 Å². The van der Waals surface area contributed by atoms with Crippen molar-refractivity contribution in [2.24, 2.45) is 0 Å². The average Bonchev–Trinajstić information content (AvgIpc) is 2.58. The van der Waals surface area contributed by atoms with Gasteiger partial charge in [0.1, 0.15) is 12.3 Å². The molecule has 3 rings (SSSR count). The highest BCUT2D eigenvalue weighted by molar-refractivity contribution is 6.46. The predicted octanol–water partition coefficient (Wildman–Crippen LogP) is 4.32. The lowest BCUT2D eigenvalue weighted by molar-refractivity contribution is 0.0468. The van der Waals surface area contributed by atoms with Crippen LogP contribution in [0.1, 0.15) is 21.6 Å². The number of carbonyl (C=O) groups excluding carboxylic acids is 1. The zero-order chi connectivity index (χ0) is 18.1. The van der Waals surface area contributed by atoms with Crippen molar-refractivity contribution in [1.29, 1.82) is 0 Å². The molecule has 2 aromatic heterocycles. The molecule has 1 aromatic carbocycles. The number of halogens is 3. The first-order chi connectivity index (χ1) is 11.9. The largest absolute Gasteiger partial charge is 0.455 e. The topological polar surface area (TPSA) is 60.7 Å². The van der Waals surface area contributed by atoms with Gasteiger partial charge in [-0.25, -0.2) is 9.78 Å². The highest BCUT2D eigenvalue weighted by atomic mass is 35.5. The molecule has 0 atom stereocenters. The third-order valence-electron chi connectivity index (χ3n) is 3.54. The van der Waals surface area contributed by atoms with E-state index in [1.165, 1.54) is 22.6 Å². The summed E-state index contributed by atoms with van der Waals surface area (Å²) >= 11 is 17.9. The van der Waals surface area contributed by atoms with Crippen molar-refractivity contribution < 1.29 is 9.53 Å². The van der Waals surface area contributed by atoms with E-state index >= 15 is 0 Å². The molecular weight excluding hydrogens is 387 g/mol. The zero-order valence-corrected chi connectivity index (χ0v) is 15.2. The summed E-state index contributed by atoms with van der Waals surface area (Å²) in [4.78, 5) is 28.8. The number of carbonyl (C=O) groups is 1. The summed E-state index contributed by atoms with van der Waals surface area (Å²) < 4.78 is 6.62. The molecule has 0 radical (unpaired) electrons. The second-order valence-corrected chi connectivity index (χ2v) is 6.46. The Morgan fingerprint density at radius 3 is 2.68 bits per heavy atom. The molecule has 8 heteroatoms. The molecule has 0 spiro atoms. The number of pyridine rings is 1. The lowest BCUT2D eigenvalue weighted by Crippen LogP contribution is -2.17. The normalized spacial score (nSPS) is 10.9. The molecule has 5 nitrogen and oxygen atoms in total. The van der Waals surface area contributed by atoms with Gasteiger partial charge >= 0.3 is 5.97 Å². The summed E-state index contributed by atoms with van der Waals surface area (Å²) in [6.45, 7) is 1.64. The molecule has 0 unspecified atom stereocenters. The van der Waals surface area contributed by atoms with E-state index in [4.69, 9.17) is 39.5 Å². The maximum Gasteiger partial charge on any atom is 0.341 e. The van der Waals surface area contributed by atoms with Gasteiger partial charge in [0.25, 0.3) is 5.56 Å². The molecule has 128 valence electrons. The van der Waals surface area contributed by atoms with Gasteiger partial charge in [-0.3, -0.25) is 9.20 Å². The Kier molecular flexibility index (Phi) is 4.99. The van der Waals surface area contributed by atoms with Gasteiger partial charge < -0.3 is 4.74 Å². The van der Waals surface area contributed by atoms with Gasteiger partial charge in [-0.05, 0) is 30.7 Å². The highest BCUT2D eigenvalue weighted by Crippen LogP contribution is 2.32. The molecule has 0 saturated carbocycles. The first kappa shape index (κ1) is 17.7. The number of nitrogens with zero attached hydrogens (tertiary/aromatic N) is 2. The summed E-state index contributed by atoms with van der Waals surface area (Å²) in [7, 11) is 0. The van der Waals surface area contributed by atoms with Crippen LogP contribution in [0.25, 0.3) is 5.65 Å². The van der Waals surface area contributed by atoms with Crippen LogP contribution in [0.5, 0.6) is 0 Å². The van der Waals surface area contributed by atoms with Crippen LogP contribution in [-0.2, 0) is 11.3 Å². The van der Waals surface area contributed by atoms with Crippen molar-refractivity contribution in [3.63, 3.8) is 0 Å². The standard InChI is InChI=1S/C17H11Cl3N2O3/c1-9-3-2-6-22-13(23)7-10(21-16(9)22)8-25-17(24)14-11(18)4-5-12(19)15(14)20/h2-7H,8H2,1H3. The summed E-state index contributed by atoms with van der Waals surface area (Å²) in [5, 5.41) is 0.332. The summed E-state index contributed by atoms with van der Waals surface area (Å²) in [6.07, 6.45) is 1.62. The fraction of sp³-hybridized carbons (Fsp3) is 0.118. The van der Waals surface area contributed by atoms with Gasteiger partial charge in [-0.1, -0.05) is 40.9 Å². The second kappa shape index (κ2) is 7.04. The van der Waals surface area contributed by atoms with E-state index in [0.717, 1.165) is 5.56 Å². The van der Waals surface area contributed by atoms with Crippen LogP contribution in [0.3, 0.4) is 0 Å². The van der Waals surface area contributed by atoms with Gasteiger partial charge in [-0.2, -0.15) is 0 Å². The number of ether oxygens (including phenoxy) is 1. The number of aromatic nitrogens is 2. The van der Waals surface area contributed by atoms with Gasteiger partial charge in [-0.15, -0.1) is 0 Å². The predicted molar refractivity (Wildman–Crippen MR) is 96.8 cm³/mol. The molecule has 3 aromatic rings. The SMILES string of the molecule is Cc1cccn2c(=O)cc(COC(=O)c3c(Cl)ccc(Cl)c3Cl)nc12. The molecule has 0 aliphatic carbocycles. The number of hydrogen-bond acceptors (Lipinski definition) is 4. The fourth-order valence-electron chi connectivity index (χ4n) is 2.31. The van der Waals surface area contributed by atoms with Crippen LogP contribution in [0.15, 0.2) is 41.3 Å². The number of hydrogen-bond donors (Lipinski definition) is 0. The molecule has 0 aliphatic heterocycles. The number of esters is 1. The molecule has 25 heavy (non-hydrogen) atoms. The first-order valence-corrected chi connectivity index (χ1v) is 8.30. The van der Waals surface area contributed by atoms with E-state index < -0.39 is 5.97 Å². The molecule has 0 amide bonds. The Hall–Kier alpha value is -2.08. The Balaban J connectivity index is 1.89. The van der Waals surface area contributed by atoms with Crippen molar-refractivity contribution >= 4 is 46.4 Å². The van der Waals surface area contributed by atoms with Crippen molar-refractivity contribution in [3.05, 3.63) is 78.8 Å². The van der Waals surface area contributed by atoms with Crippen molar-refractivity contribution in [1.82, 2.24) is 9.38 Å². The Bertz CT molecular complexity index is 1050. The van der Waals surface area contributed by atoms with Crippen LogP contribution < -0.4 is 5.56 Å². The summed E-state index contributed by atoms with van der Waals surface area (Å²) in [5.41, 5.74) is 1.36. The van der Waals surface area contributed by atoms with Crippen LogP contribution in [0, 0.1) is 6.92 Å². The third-order valence-corrected chi connectivity index (χ3v) is 4.66. The van der Waals surface area contributed by atoms with Gasteiger partial charge in [0.2, 0.25) is 0 Å². The molecule has 0 fully saturated rings. The van der Waals surface area contributed by atoms with Crippen molar-refractivity contribution in [3.8, 4) is 0 Å². The lowest BCUT2D eigenvalue weighted by atomic mass is 10.2. The fourth-order valence-corrected chi connectivity index (χ4v) is 2.99. The van der Waals surface area contributed by atoms with E-state index in [1.807, 2.05) is 13.0 Å². The van der Waals surface area contributed by atoms with Gasteiger partial charge in [0.15, 0.2) is 0 Å². The minimum Gasteiger partial charge on any atom is -0.455 e. The minimum atomic E-state index is -0.746. The quantitative estimate of drug-likeness (QED) is 0.488. The van der Waals surface area contributed by atoms with Gasteiger partial charge in [0, 0.05) is 12.3 Å². The number of rotatable bonds is 3. The minimum absolute atomic E-state index is 0.0153. The molecule has 0 bridgehead atoms. The number of fused-ring (bicyclic) bond motifs is 1. The Morgan fingerprint density at radius 1 is 1.20 bits per heavy atom. The molecule has 0 saturated heterocycles. The third kappa shape index (κ3) is 3.49. The average molecular weight is 398 g/mol.